The Kier molecular flexibility index (Phi) is 6.49. The van der Waals surface area contributed by atoms with Gasteiger partial charge in [0.2, 0.25) is 5.88 Å². The average molecular weight is 574 g/mol. The fourth-order valence-electron chi connectivity index (χ4n) is 6.14. The molecule has 1 N–H and O–H groups in total. The summed E-state index contributed by atoms with van der Waals surface area (Å²) in [7, 11) is 0. The van der Waals surface area contributed by atoms with Crippen molar-refractivity contribution in [2.24, 2.45) is 5.92 Å². The second-order valence-electron chi connectivity index (χ2n) is 11.1. The number of carboxylic acids is 1. The van der Waals surface area contributed by atoms with Crippen LogP contribution in [-0.4, -0.2) is 56.3 Å². The van der Waals surface area contributed by atoms with Gasteiger partial charge in [-0.2, -0.15) is 5.26 Å². The number of carbonyl (C=O) groups is 1. The molecule has 0 spiro atoms. The standard InChI is InChI=1S/C30H28FN5O4S/c31-22-10-18(13-32)4-5-19(22)17-40-27-3-1-2-25(34-27)30-7-8-35(14-20(30)12-30)16-26-33-23-11-24(29(37)38)41-28(23)36(26)15-21-6-9-39-21/h1-5,10-11,20-21H,6-9,12,14-17H2,(H,37,38)/t20-,21+,30+/m1/s1. The molecule has 1 aromatic carbocycles. The lowest BCUT2D eigenvalue weighted by atomic mass is 9.91. The second-order valence-corrected chi connectivity index (χ2v) is 12.2. The molecule has 0 amide bonds. The summed E-state index contributed by atoms with van der Waals surface area (Å²) in [6.07, 6.45) is 3.18. The summed E-state index contributed by atoms with van der Waals surface area (Å²) in [6, 6.07) is 13.8. The molecule has 1 saturated carbocycles. The van der Waals surface area contributed by atoms with Gasteiger partial charge in [0.1, 0.15) is 33.5 Å². The van der Waals surface area contributed by atoms with E-state index in [-0.39, 0.29) is 23.7 Å². The van der Waals surface area contributed by atoms with E-state index in [1.165, 1.54) is 17.4 Å². The van der Waals surface area contributed by atoms with Crippen LogP contribution in [0.25, 0.3) is 10.3 Å². The number of rotatable bonds is 9. The number of halogens is 1. The zero-order valence-electron chi connectivity index (χ0n) is 22.3. The summed E-state index contributed by atoms with van der Waals surface area (Å²) in [5.74, 6) is 0.515. The van der Waals surface area contributed by atoms with E-state index in [1.807, 2.05) is 12.1 Å². The van der Waals surface area contributed by atoms with Crippen LogP contribution in [0, 0.1) is 23.1 Å². The van der Waals surface area contributed by atoms with Crippen LogP contribution in [0.15, 0.2) is 42.5 Å². The van der Waals surface area contributed by atoms with Gasteiger partial charge >= 0.3 is 5.97 Å². The van der Waals surface area contributed by atoms with E-state index in [0.29, 0.717) is 35.3 Å². The van der Waals surface area contributed by atoms with Gasteiger partial charge in [0.15, 0.2) is 0 Å². The SMILES string of the molecule is N#Cc1ccc(COc2cccc([C@]34CCN(Cc5nc6cc(C(=O)O)sc6n5C[C@@H]5CCO5)C[C@H]3C4)n2)c(F)c1. The number of hydrogen-bond donors (Lipinski definition) is 1. The van der Waals surface area contributed by atoms with Crippen LogP contribution in [-0.2, 0) is 29.8 Å². The van der Waals surface area contributed by atoms with E-state index in [1.54, 1.807) is 24.3 Å². The molecule has 0 bridgehead atoms. The number of piperidine rings is 1. The highest BCUT2D eigenvalue weighted by atomic mass is 32.1. The topological polar surface area (TPSA) is 114 Å². The number of aromatic carboxylic acids is 1. The van der Waals surface area contributed by atoms with Gasteiger partial charge in [-0.05, 0) is 56.0 Å². The smallest absolute Gasteiger partial charge is 0.346 e. The predicted octanol–water partition coefficient (Wildman–Crippen LogP) is 4.73. The Hall–Kier alpha value is -3.85. The lowest BCUT2D eigenvalue weighted by Gasteiger charge is -2.32. The van der Waals surface area contributed by atoms with Crippen molar-refractivity contribution in [2.45, 2.75) is 50.5 Å². The quantitative estimate of drug-likeness (QED) is 0.306. The maximum Gasteiger partial charge on any atom is 0.346 e. The van der Waals surface area contributed by atoms with Gasteiger partial charge < -0.3 is 19.1 Å². The van der Waals surface area contributed by atoms with Crippen LogP contribution in [0.5, 0.6) is 5.88 Å². The van der Waals surface area contributed by atoms with E-state index in [9.17, 15) is 14.3 Å². The number of thiophene rings is 1. The number of nitriles is 1. The van der Waals surface area contributed by atoms with Crippen molar-refractivity contribution in [1.82, 2.24) is 19.4 Å². The molecule has 3 atom stereocenters. The minimum atomic E-state index is -0.924. The Labute approximate surface area is 239 Å². The average Bonchev–Trinajstić information content (AvgIpc) is 3.40. The van der Waals surface area contributed by atoms with Crippen molar-refractivity contribution in [3.05, 3.63) is 75.8 Å². The van der Waals surface area contributed by atoms with Crippen molar-refractivity contribution in [2.75, 3.05) is 19.7 Å². The molecular formula is C30H28FN5O4S. The Bertz CT molecular complexity index is 1690. The van der Waals surface area contributed by atoms with Gasteiger partial charge in [0.25, 0.3) is 0 Å². The number of ether oxygens (including phenoxy) is 2. The third-order valence-electron chi connectivity index (χ3n) is 8.63. The highest BCUT2D eigenvalue weighted by Gasteiger charge is 2.58. The maximum atomic E-state index is 14.3. The van der Waals surface area contributed by atoms with Crippen molar-refractivity contribution in [3.63, 3.8) is 0 Å². The normalized spacial score (nSPS) is 23.5. The molecule has 41 heavy (non-hydrogen) atoms. The molecule has 0 radical (unpaired) electrons. The number of likely N-dealkylation sites (tertiary alicyclic amines) is 1. The zero-order chi connectivity index (χ0) is 28.1. The molecule has 9 nitrogen and oxygen atoms in total. The molecule has 1 aliphatic carbocycles. The van der Waals surface area contributed by atoms with E-state index < -0.39 is 11.8 Å². The summed E-state index contributed by atoms with van der Waals surface area (Å²) >= 11 is 1.28. The molecule has 4 aromatic rings. The third-order valence-corrected chi connectivity index (χ3v) is 9.77. The van der Waals surface area contributed by atoms with Crippen LogP contribution < -0.4 is 4.74 Å². The molecule has 2 saturated heterocycles. The number of carboxylic acid groups (broad SMARTS) is 1. The Morgan fingerprint density at radius 1 is 1.29 bits per heavy atom. The lowest BCUT2D eigenvalue weighted by Crippen LogP contribution is -2.37. The van der Waals surface area contributed by atoms with Gasteiger partial charge in [-0.25, -0.2) is 19.2 Å². The summed E-state index contributed by atoms with van der Waals surface area (Å²) in [5.41, 5.74) is 2.45. The van der Waals surface area contributed by atoms with Gasteiger partial charge in [0.05, 0.1) is 36.5 Å². The van der Waals surface area contributed by atoms with Crippen LogP contribution in [0.1, 0.15) is 51.6 Å². The molecule has 0 unspecified atom stereocenters. The number of nitrogens with zero attached hydrogens (tertiary/aromatic N) is 5. The Morgan fingerprint density at radius 3 is 2.90 bits per heavy atom. The van der Waals surface area contributed by atoms with Crippen molar-refractivity contribution in [1.29, 1.82) is 5.26 Å². The van der Waals surface area contributed by atoms with E-state index in [4.69, 9.17) is 24.7 Å². The third kappa shape index (κ3) is 4.86. The number of hydrogen-bond acceptors (Lipinski definition) is 8. The molecule has 3 fully saturated rings. The largest absolute Gasteiger partial charge is 0.477 e. The van der Waals surface area contributed by atoms with E-state index in [2.05, 4.69) is 15.5 Å². The summed E-state index contributed by atoms with van der Waals surface area (Å²) in [6.45, 7) is 4.05. The molecule has 210 valence electrons. The number of fused-ring (bicyclic) bond motifs is 2. The zero-order valence-corrected chi connectivity index (χ0v) is 23.1. The monoisotopic (exact) mass is 573 g/mol. The fraction of sp³-hybridized carbons (Fsp3) is 0.400. The predicted molar refractivity (Wildman–Crippen MR) is 148 cm³/mol. The van der Waals surface area contributed by atoms with Crippen LogP contribution in [0.3, 0.4) is 0 Å². The minimum Gasteiger partial charge on any atom is -0.477 e. The molecular weight excluding hydrogens is 545 g/mol. The van der Waals surface area contributed by atoms with Crippen molar-refractivity contribution >= 4 is 27.7 Å². The number of imidazole rings is 1. The number of benzene rings is 1. The minimum absolute atomic E-state index is 0.0293. The maximum absolute atomic E-state index is 14.3. The van der Waals surface area contributed by atoms with Crippen LogP contribution in [0.4, 0.5) is 4.39 Å². The van der Waals surface area contributed by atoms with Crippen molar-refractivity contribution in [3.8, 4) is 11.9 Å². The first kappa shape index (κ1) is 26.1. The number of aromatic nitrogens is 3. The first-order valence-corrected chi connectivity index (χ1v) is 14.6. The molecule has 5 heterocycles. The molecule has 3 aromatic heterocycles. The van der Waals surface area contributed by atoms with Gasteiger partial charge in [-0.1, -0.05) is 12.1 Å². The molecule has 3 aliphatic rings. The molecule has 7 rings (SSSR count). The van der Waals surface area contributed by atoms with E-state index >= 15 is 0 Å². The summed E-state index contributed by atoms with van der Waals surface area (Å²) in [4.78, 5) is 24.8. The van der Waals surface area contributed by atoms with Gasteiger partial charge in [0, 0.05) is 30.2 Å². The van der Waals surface area contributed by atoms with E-state index in [0.717, 1.165) is 60.8 Å². The van der Waals surface area contributed by atoms with Crippen LogP contribution >= 0.6 is 11.3 Å². The first-order valence-electron chi connectivity index (χ1n) is 13.8. The molecule has 11 heteroatoms. The molecule has 2 aliphatic heterocycles. The number of pyridine rings is 1. The van der Waals surface area contributed by atoms with Gasteiger partial charge in [-0.15, -0.1) is 11.3 Å². The van der Waals surface area contributed by atoms with Crippen molar-refractivity contribution < 1.29 is 23.8 Å². The lowest BCUT2D eigenvalue weighted by molar-refractivity contribution is -0.0591. The fourth-order valence-corrected chi connectivity index (χ4v) is 7.10. The summed E-state index contributed by atoms with van der Waals surface area (Å²) in [5, 5.41) is 18.4. The Morgan fingerprint density at radius 2 is 2.17 bits per heavy atom. The van der Waals surface area contributed by atoms with Crippen LogP contribution in [0.2, 0.25) is 0 Å². The second kappa shape index (κ2) is 10.2. The van der Waals surface area contributed by atoms with Gasteiger partial charge in [-0.3, -0.25) is 4.90 Å². The Balaban J connectivity index is 1.03. The highest BCUT2D eigenvalue weighted by molar-refractivity contribution is 7.20. The highest BCUT2D eigenvalue weighted by Crippen LogP contribution is 2.59. The summed E-state index contributed by atoms with van der Waals surface area (Å²) < 4.78 is 28.0. The first-order chi connectivity index (χ1) is 19.9.